The highest BCUT2D eigenvalue weighted by atomic mass is 15.1. The quantitative estimate of drug-likeness (QED) is 0.225. The lowest BCUT2D eigenvalue weighted by Gasteiger charge is -2.11. The topological polar surface area (TPSA) is 35.6 Å². The molecule has 0 saturated carbocycles. The van der Waals surface area contributed by atoms with Gasteiger partial charge in [0.15, 0.2) is 0 Å². The van der Waals surface area contributed by atoms with E-state index in [2.05, 4.69) is 135 Å². The molecule has 0 aliphatic heterocycles. The molecular weight excluding hydrogens is 512 g/mol. The molecule has 0 unspecified atom stereocenters. The summed E-state index contributed by atoms with van der Waals surface area (Å²) < 4.78 is 4.70. The van der Waals surface area contributed by atoms with Crippen molar-refractivity contribution < 1.29 is 0 Å². The van der Waals surface area contributed by atoms with Crippen LogP contribution in [-0.4, -0.2) is 19.1 Å². The summed E-state index contributed by atoms with van der Waals surface area (Å²) in [5.74, 6) is 0.896. The van der Waals surface area contributed by atoms with Crippen molar-refractivity contribution in [3.63, 3.8) is 0 Å². The van der Waals surface area contributed by atoms with Crippen LogP contribution in [0.4, 0.5) is 0 Å². The van der Waals surface area contributed by atoms with Crippen molar-refractivity contribution in [1.82, 2.24) is 19.1 Å². The molecule has 0 saturated heterocycles. The van der Waals surface area contributed by atoms with Crippen molar-refractivity contribution >= 4 is 54.4 Å². The second-order valence-electron chi connectivity index (χ2n) is 10.7. The van der Waals surface area contributed by atoms with E-state index in [4.69, 9.17) is 4.98 Å². The second kappa shape index (κ2) is 8.88. The second-order valence-corrected chi connectivity index (χ2v) is 10.7. The van der Waals surface area contributed by atoms with Gasteiger partial charge >= 0.3 is 0 Å². The van der Waals surface area contributed by atoms with Crippen LogP contribution in [0.2, 0.25) is 0 Å². The van der Waals surface area contributed by atoms with Crippen LogP contribution >= 0.6 is 0 Å². The lowest BCUT2D eigenvalue weighted by atomic mass is 10.0. The molecule has 4 heteroatoms. The van der Waals surface area contributed by atoms with Gasteiger partial charge in [-0.15, -0.1) is 0 Å². The molecule has 0 radical (unpaired) electrons. The number of aromatic nitrogens is 4. The summed E-state index contributed by atoms with van der Waals surface area (Å²) >= 11 is 0. The maximum atomic E-state index is 4.99. The molecule has 0 aliphatic carbocycles. The summed E-state index contributed by atoms with van der Waals surface area (Å²) in [6.07, 6.45) is 5.62. The van der Waals surface area contributed by atoms with Crippen molar-refractivity contribution in [1.29, 1.82) is 0 Å². The SMILES string of the molecule is c1ccc(-n2c3ccccc3c3cc4c(ccc5c6ccccc6n(-c6ccc(-c7cccnc7)cn6)c45)cc32)cc1. The van der Waals surface area contributed by atoms with E-state index in [1.165, 1.54) is 48.9 Å². The van der Waals surface area contributed by atoms with Crippen molar-refractivity contribution in [3.8, 4) is 22.6 Å². The Balaban J connectivity index is 1.38. The summed E-state index contributed by atoms with van der Waals surface area (Å²) in [5.41, 5.74) is 8.00. The summed E-state index contributed by atoms with van der Waals surface area (Å²) in [6.45, 7) is 0. The Morgan fingerprint density at radius 3 is 1.95 bits per heavy atom. The molecule has 4 nitrogen and oxygen atoms in total. The third-order valence-corrected chi connectivity index (χ3v) is 8.43. The Bertz CT molecular complexity index is 2430. The van der Waals surface area contributed by atoms with Crippen LogP contribution in [0.25, 0.3) is 77.0 Å². The van der Waals surface area contributed by atoms with Gasteiger partial charge in [0, 0.05) is 62.3 Å². The van der Waals surface area contributed by atoms with Crippen LogP contribution in [0.1, 0.15) is 0 Å². The zero-order valence-corrected chi connectivity index (χ0v) is 22.6. The zero-order valence-electron chi connectivity index (χ0n) is 22.6. The van der Waals surface area contributed by atoms with Crippen LogP contribution in [0, 0.1) is 0 Å². The lowest BCUT2D eigenvalue weighted by molar-refractivity contribution is 1.08. The number of hydrogen-bond donors (Lipinski definition) is 0. The third-order valence-electron chi connectivity index (χ3n) is 8.43. The van der Waals surface area contributed by atoms with E-state index >= 15 is 0 Å². The van der Waals surface area contributed by atoms with Gasteiger partial charge in [-0.3, -0.25) is 9.55 Å². The minimum absolute atomic E-state index is 0.896. The number of pyridine rings is 2. The van der Waals surface area contributed by atoms with Gasteiger partial charge in [0.2, 0.25) is 0 Å². The molecule has 0 aliphatic rings. The first-order valence-electron chi connectivity index (χ1n) is 14.2. The van der Waals surface area contributed by atoms with E-state index in [0.29, 0.717) is 0 Å². The van der Waals surface area contributed by atoms with Gasteiger partial charge in [-0.2, -0.15) is 0 Å². The zero-order chi connectivity index (χ0) is 27.6. The van der Waals surface area contributed by atoms with E-state index in [1.54, 1.807) is 6.20 Å². The van der Waals surface area contributed by atoms with Crippen molar-refractivity contribution in [2.75, 3.05) is 0 Å². The first kappa shape index (κ1) is 23.0. The van der Waals surface area contributed by atoms with Gasteiger partial charge in [-0.25, -0.2) is 4.98 Å². The van der Waals surface area contributed by atoms with Gasteiger partial charge in [-0.05, 0) is 60.0 Å². The van der Waals surface area contributed by atoms with E-state index < -0.39 is 0 Å². The Labute approximate surface area is 241 Å². The number of hydrogen-bond acceptors (Lipinski definition) is 2. The summed E-state index contributed by atoms with van der Waals surface area (Å²) in [4.78, 5) is 9.27. The molecule has 4 aromatic heterocycles. The molecule has 196 valence electrons. The highest BCUT2D eigenvalue weighted by Crippen LogP contribution is 2.40. The maximum absolute atomic E-state index is 4.99. The van der Waals surface area contributed by atoms with Crippen molar-refractivity contribution in [2.45, 2.75) is 0 Å². The van der Waals surface area contributed by atoms with Crippen molar-refractivity contribution in [2.24, 2.45) is 0 Å². The largest absolute Gasteiger partial charge is 0.309 e. The molecule has 0 amide bonds. The minimum atomic E-state index is 0.896. The molecule has 0 bridgehead atoms. The fraction of sp³-hybridized carbons (Fsp3) is 0. The first-order chi connectivity index (χ1) is 20.8. The molecule has 0 atom stereocenters. The average Bonchev–Trinajstić information content (AvgIpc) is 3.57. The molecule has 0 spiro atoms. The number of para-hydroxylation sites is 3. The summed E-state index contributed by atoms with van der Waals surface area (Å²) in [5, 5.41) is 7.35. The van der Waals surface area contributed by atoms with E-state index in [9.17, 15) is 0 Å². The Hall–Kier alpha value is -5.74. The fourth-order valence-electron chi connectivity index (χ4n) is 6.56. The van der Waals surface area contributed by atoms with Crippen LogP contribution in [-0.2, 0) is 0 Å². The Kier molecular flexibility index (Phi) is 4.87. The van der Waals surface area contributed by atoms with Crippen molar-refractivity contribution in [3.05, 3.63) is 146 Å². The normalized spacial score (nSPS) is 11.8. The van der Waals surface area contributed by atoms with Gasteiger partial charge in [-0.1, -0.05) is 72.8 Å². The van der Waals surface area contributed by atoms with E-state index in [-0.39, 0.29) is 0 Å². The molecule has 42 heavy (non-hydrogen) atoms. The number of rotatable bonds is 3. The summed E-state index contributed by atoms with van der Waals surface area (Å²) in [7, 11) is 0. The van der Waals surface area contributed by atoms with Gasteiger partial charge in [0.05, 0.1) is 22.1 Å². The Morgan fingerprint density at radius 1 is 0.452 bits per heavy atom. The predicted molar refractivity (Wildman–Crippen MR) is 174 cm³/mol. The maximum Gasteiger partial charge on any atom is 0.137 e. The first-order valence-corrected chi connectivity index (χ1v) is 14.2. The van der Waals surface area contributed by atoms with Gasteiger partial charge in [0.1, 0.15) is 5.82 Å². The predicted octanol–water partition coefficient (Wildman–Crippen LogP) is 9.49. The standard InChI is InChI=1S/C38H24N4/c1-2-10-28(11-3-1)41-34-14-6-5-13-30(34)33-22-32-25(21-36(33)41)16-18-31-29-12-4-7-15-35(29)42(38(31)32)37-19-17-27(24-40-37)26-9-8-20-39-23-26/h1-24H. The number of fused-ring (bicyclic) bond motifs is 8. The average molecular weight is 537 g/mol. The highest BCUT2D eigenvalue weighted by Gasteiger charge is 2.18. The molecular formula is C38H24N4. The third kappa shape index (κ3) is 3.29. The molecule has 9 aromatic rings. The van der Waals surface area contributed by atoms with Gasteiger partial charge < -0.3 is 4.57 Å². The Morgan fingerprint density at radius 2 is 1.19 bits per heavy atom. The smallest absolute Gasteiger partial charge is 0.137 e. The molecule has 9 rings (SSSR count). The van der Waals surface area contributed by atoms with Crippen LogP contribution in [0.5, 0.6) is 0 Å². The number of benzene rings is 5. The lowest BCUT2D eigenvalue weighted by Crippen LogP contribution is -1.98. The van der Waals surface area contributed by atoms with Crippen LogP contribution in [0.15, 0.2) is 146 Å². The molecule has 5 aromatic carbocycles. The summed E-state index contributed by atoms with van der Waals surface area (Å²) in [6, 6.07) is 45.5. The molecule has 0 N–H and O–H groups in total. The van der Waals surface area contributed by atoms with E-state index in [0.717, 1.165) is 28.1 Å². The minimum Gasteiger partial charge on any atom is -0.309 e. The van der Waals surface area contributed by atoms with E-state index in [1.807, 2.05) is 18.5 Å². The van der Waals surface area contributed by atoms with Crippen LogP contribution in [0.3, 0.4) is 0 Å². The highest BCUT2D eigenvalue weighted by molar-refractivity contribution is 6.22. The fourth-order valence-corrected chi connectivity index (χ4v) is 6.56. The van der Waals surface area contributed by atoms with Gasteiger partial charge in [0.25, 0.3) is 0 Å². The number of nitrogens with zero attached hydrogens (tertiary/aromatic N) is 4. The molecule has 0 fully saturated rings. The monoisotopic (exact) mass is 536 g/mol. The molecule has 4 heterocycles. The van der Waals surface area contributed by atoms with Crippen LogP contribution < -0.4 is 0 Å².